The lowest BCUT2D eigenvalue weighted by Crippen LogP contribution is -2.35. The maximum Gasteiger partial charge on any atom is 0.0659 e. The Labute approximate surface area is 112 Å². The molecule has 2 rings (SSSR count). The average Bonchev–Trinajstić information content (AvgIpc) is 2.89. The van der Waals surface area contributed by atoms with E-state index in [0.29, 0.717) is 6.54 Å². The molecule has 1 heterocycles. The Hall–Kier alpha value is -1.69. The third-order valence-corrected chi connectivity index (χ3v) is 2.91. The van der Waals surface area contributed by atoms with Crippen molar-refractivity contribution in [3.8, 4) is 0 Å². The number of hydrogen-bond donors (Lipinski definition) is 3. The van der Waals surface area contributed by atoms with Crippen molar-refractivity contribution < 1.29 is 10.2 Å². The van der Waals surface area contributed by atoms with Crippen molar-refractivity contribution in [2.75, 3.05) is 13.2 Å². The van der Waals surface area contributed by atoms with Gasteiger partial charge in [-0.15, -0.1) is 0 Å². The lowest BCUT2D eigenvalue weighted by molar-refractivity contribution is 0.170. The SMILES string of the molecule is OCC(CO)NCc1cnn(Cc2ccccc2)c1. The minimum Gasteiger partial charge on any atom is -0.395 e. The summed E-state index contributed by atoms with van der Waals surface area (Å²) in [6, 6.07) is 9.85. The van der Waals surface area contributed by atoms with Crippen molar-refractivity contribution in [3.05, 3.63) is 53.9 Å². The van der Waals surface area contributed by atoms with Crippen LogP contribution in [0.25, 0.3) is 0 Å². The van der Waals surface area contributed by atoms with E-state index in [4.69, 9.17) is 10.2 Å². The summed E-state index contributed by atoms with van der Waals surface area (Å²) in [7, 11) is 0. The largest absolute Gasteiger partial charge is 0.395 e. The highest BCUT2D eigenvalue weighted by atomic mass is 16.3. The van der Waals surface area contributed by atoms with Crippen molar-refractivity contribution in [1.29, 1.82) is 0 Å². The Balaban J connectivity index is 1.88. The highest BCUT2D eigenvalue weighted by Gasteiger charge is 2.05. The third-order valence-electron chi connectivity index (χ3n) is 2.91. The fourth-order valence-electron chi connectivity index (χ4n) is 1.80. The molecule has 0 unspecified atom stereocenters. The van der Waals surface area contributed by atoms with Crippen LogP contribution in [-0.4, -0.2) is 39.2 Å². The van der Waals surface area contributed by atoms with Crippen molar-refractivity contribution >= 4 is 0 Å². The minimum absolute atomic E-state index is 0.0747. The van der Waals surface area contributed by atoms with Gasteiger partial charge in [-0.1, -0.05) is 30.3 Å². The lowest BCUT2D eigenvalue weighted by Gasteiger charge is -2.11. The normalized spacial score (nSPS) is 11.1. The molecule has 5 heteroatoms. The van der Waals surface area contributed by atoms with E-state index in [1.807, 2.05) is 29.1 Å². The first-order chi connectivity index (χ1) is 9.31. The van der Waals surface area contributed by atoms with E-state index in [1.165, 1.54) is 5.56 Å². The van der Waals surface area contributed by atoms with Crippen LogP contribution in [0, 0.1) is 0 Å². The quantitative estimate of drug-likeness (QED) is 0.673. The first-order valence-corrected chi connectivity index (χ1v) is 6.32. The zero-order valence-corrected chi connectivity index (χ0v) is 10.7. The summed E-state index contributed by atoms with van der Waals surface area (Å²) < 4.78 is 1.87. The minimum atomic E-state index is -0.280. The number of benzene rings is 1. The molecule has 0 aliphatic carbocycles. The zero-order chi connectivity index (χ0) is 13.5. The predicted octanol–water partition coefficient (Wildman–Crippen LogP) is 0.374. The summed E-state index contributed by atoms with van der Waals surface area (Å²) in [5.74, 6) is 0. The van der Waals surface area contributed by atoms with Crippen molar-refractivity contribution in [2.45, 2.75) is 19.1 Å². The van der Waals surface area contributed by atoms with Gasteiger partial charge in [-0.25, -0.2) is 0 Å². The van der Waals surface area contributed by atoms with Crippen LogP contribution in [0.1, 0.15) is 11.1 Å². The van der Waals surface area contributed by atoms with E-state index < -0.39 is 0 Å². The second-order valence-corrected chi connectivity index (χ2v) is 4.47. The smallest absolute Gasteiger partial charge is 0.0659 e. The van der Waals surface area contributed by atoms with Crippen molar-refractivity contribution in [2.24, 2.45) is 0 Å². The molecule has 0 spiro atoms. The molecule has 0 atom stereocenters. The molecule has 0 aliphatic rings. The van der Waals surface area contributed by atoms with Gasteiger partial charge in [0.05, 0.1) is 32.0 Å². The van der Waals surface area contributed by atoms with Gasteiger partial charge in [0.15, 0.2) is 0 Å². The molecule has 0 bridgehead atoms. The van der Waals surface area contributed by atoms with Crippen LogP contribution in [0.2, 0.25) is 0 Å². The Morgan fingerprint density at radius 2 is 1.84 bits per heavy atom. The van der Waals surface area contributed by atoms with Gasteiger partial charge in [-0.2, -0.15) is 5.10 Å². The molecule has 0 amide bonds. The van der Waals surface area contributed by atoms with Crippen LogP contribution in [0.3, 0.4) is 0 Å². The number of nitrogens with one attached hydrogen (secondary N) is 1. The van der Waals surface area contributed by atoms with Crippen LogP contribution < -0.4 is 5.32 Å². The number of aromatic nitrogens is 2. The van der Waals surface area contributed by atoms with Gasteiger partial charge in [-0.05, 0) is 5.56 Å². The van der Waals surface area contributed by atoms with Gasteiger partial charge in [0.2, 0.25) is 0 Å². The van der Waals surface area contributed by atoms with Crippen LogP contribution in [0.4, 0.5) is 0 Å². The standard InChI is InChI=1S/C14H19N3O2/c18-10-14(11-19)15-6-13-7-16-17(9-13)8-12-4-2-1-3-5-12/h1-5,7,9,14-15,18-19H,6,8,10-11H2. The van der Waals surface area contributed by atoms with E-state index in [1.54, 1.807) is 6.20 Å². The summed E-state index contributed by atoms with van der Waals surface area (Å²) in [4.78, 5) is 0. The number of nitrogens with zero attached hydrogens (tertiary/aromatic N) is 2. The Morgan fingerprint density at radius 1 is 1.11 bits per heavy atom. The monoisotopic (exact) mass is 261 g/mol. The Bertz CT molecular complexity index is 480. The predicted molar refractivity (Wildman–Crippen MR) is 72.6 cm³/mol. The van der Waals surface area contributed by atoms with Gasteiger partial charge >= 0.3 is 0 Å². The van der Waals surface area contributed by atoms with Crippen LogP contribution in [-0.2, 0) is 13.1 Å². The van der Waals surface area contributed by atoms with Crippen molar-refractivity contribution in [3.63, 3.8) is 0 Å². The number of aliphatic hydroxyl groups excluding tert-OH is 2. The maximum atomic E-state index is 8.96. The highest BCUT2D eigenvalue weighted by Crippen LogP contribution is 2.04. The number of aliphatic hydroxyl groups is 2. The fraction of sp³-hybridized carbons (Fsp3) is 0.357. The maximum absolute atomic E-state index is 8.96. The van der Waals surface area contributed by atoms with Crippen LogP contribution in [0.5, 0.6) is 0 Å². The van der Waals surface area contributed by atoms with E-state index in [2.05, 4.69) is 22.5 Å². The number of hydrogen-bond acceptors (Lipinski definition) is 4. The summed E-state index contributed by atoms with van der Waals surface area (Å²) in [5, 5.41) is 25.3. The molecule has 1 aromatic carbocycles. The molecular formula is C14H19N3O2. The molecule has 0 aliphatic heterocycles. The Kier molecular flexibility index (Phi) is 5.09. The van der Waals surface area contributed by atoms with Gasteiger partial charge in [0.1, 0.15) is 0 Å². The Morgan fingerprint density at radius 3 is 2.53 bits per heavy atom. The van der Waals surface area contributed by atoms with E-state index in [-0.39, 0.29) is 19.3 Å². The fourth-order valence-corrected chi connectivity index (χ4v) is 1.80. The second-order valence-electron chi connectivity index (χ2n) is 4.47. The zero-order valence-electron chi connectivity index (χ0n) is 10.7. The summed E-state index contributed by atoms with van der Waals surface area (Å²) in [5.41, 5.74) is 2.23. The highest BCUT2D eigenvalue weighted by molar-refractivity contribution is 5.15. The second kappa shape index (κ2) is 7.04. The van der Waals surface area contributed by atoms with Gasteiger partial charge in [-0.3, -0.25) is 4.68 Å². The molecule has 0 fully saturated rings. The van der Waals surface area contributed by atoms with Gasteiger partial charge < -0.3 is 15.5 Å². The number of rotatable bonds is 7. The molecule has 3 N–H and O–H groups in total. The molecule has 19 heavy (non-hydrogen) atoms. The molecule has 1 aromatic heterocycles. The molecule has 2 aromatic rings. The van der Waals surface area contributed by atoms with Crippen molar-refractivity contribution in [1.82, 2.24) is 15.1 Å². The van der Waals surface area contributed by atoms with E-state index in [9.17, 15) is 0 Å². The van der Waals surface area contributed by atoms with Crippen LogP contribution >= 0.6 is 0 Å². The summed E-state index contributed by atoms with van der Waals surface area (Å²) >= 11 is 0. The topological polar surface area (TPSA) is 70.3 Å². The van der Waals surface area contributed by atoms with E-state index in [0.717, 1.165) is 12.1 Å². The van der Waals surface area contributed by atoms with E-state index >= 15 is 0 Å². The summed E-state index contributed by atoms with van der Waals surface area (Å²) in [6.45, 7) is 1.17. The summed E-state index contributed by atoms with van der Waals surface area (Å²) in [6.07, 6.45) is 3.76. The molecule has 0 radical (unpaired) electrons. The van der Waals surface area contributed by atoms with Crippen LogP contribution in [0.15, 0.2) is 42.7 Å². The van der Waals surface area contributed by atoms with Gasteiger partial charge in [0, 0.05) is 18.3 Å². The molecule has 5 nitrogen and oxygen atoms in total. The average molecular weight is 261 g/mol. The van der Waals surface area contributed by atoms with Gasteiger partial charge in [0.25, 0.3) is 0 Å². The first-order valence-electron chi connectivity index (χ1n) is 6.32. The molecule has 0 saturated heterocycles. The molecule has 102 valence electrons. The third kappa shape index (κ3) is 4.17. The molecule has 0 saturated carbocycles. The molecular weight excluding hydrogens is 242 g/mol. The first kappa shape index (κ1) is 13.7. The lowest BCUT2D eigenvalue weighted by atomic mass is 10.2.